The summed E-state index contributed by atoms with van der Waals surface area (Å²) in [7, 11) is 0. The summed E-state index contributed by atoms with van der Waals surface area (Å²) >= 11 is 0. The Labute approximate surface area is 111 Å². The first kappa shape index (κ1) is 11.9. The minimum atomic E-state index is -1.13. The number of carbonyl (C=O) groups excluding carboxylic acids is 1. The quantitative estimate of drug-likeness (QED) is 0.624. The molecule has 2 aromatic carbocycles. The van der Waals surface area contributed by atoms with Crippen molar-refractivity contribution >= 4 is 5.97 Å². The summed E-state index contributed by atoms with van der Waals surface area (Å²) in [5, 5.41) is 0. The monoisotopic (exact) mass is 254 g/mol. The van der Waals surface area contributed by atoms with E-state index in [2.05, 4.69) is 0 Å². The molecule has 1 aliphatic rings. The van der Waals surface area contributed by atoms with Crippen LogP contribution >= 0.6 is 0 Å². The molecule has 19 heavy (non-hydrogen) atoms. The molecule has 3 heteroatoms. The number of rotatable bonds is 3. The lowest BCUT2D eigenvalue weighted by molar-refractivity contribution is -0.153. The van der Waals surface area contributed by atoms with Gasteiger partial charge in [0.25, 0.3) is 0 Å². The first-order valence-electron chi connectivity index (χ1n) is 6.30. The lowest BCUT2D eigenvalue weighted by Gasteiger charge is -2.26. The highest BCUT2D eigenvalue weighted by Crippen LogP contribution is 2.45. The van der Waals surface area contributed by atoms with E-state index in [0.717, 1.165) is 11.1 Å². The molecule has 0 aromatic heterocycles. The maximum absolute atomic E-state index is 12.4. The summed E-state index contributed by atoms with van der Waals surface area (Å²) < 4.78 is 11.2. The fourth-order valence-corrected chi connectivity index (χ4v) is 2.51. The van der Waals surface area contributed by atoms with E-state index in [4.69, 9.17) is 9.47 Å². The van der Waals surface area contributed by atoms with Crippen molar-refractivity contribution in [2.24, 2.45) is 0 Å². The Hall–Kier alpha value is -2.13. The van der Waals surface area contributed by atoms with Crippen LogP contribution in [0, 0.1) is 0 Å². The standard InChI is InChI=1S/C16H14O3/c1-2-18-16(12-8-4-3-5-9-12)13-10-6-7-11-14(13)19-15(16)17/h3-11H,2H2,1H3. The molecule has 1 aliphatic heterocycles. The molecule has 96 valence electrons. The Morgan fingerprint density at radius 2 is 1.74 bits per heavy atom. The number of benzene rings is 2. The van der Waals surface area contributed by atoms with Gasteiger partial charge in [-0.1, -0.05) is 48.5 Å². The highest BCUT2D eigenvalue weighted by molar-refractivity contribution is 5.92. The summed E-state index contributed by atoms with van der Waals surface area (Å²) in [6.45, 7) is 2.30. The second kappa shape index (κ2) is 4.52. The van der Waals surface area contributed by atoms with Gasteiger partial charge in [0.15, 0.2) is 0 Å². The van der Waals surface area contributed by atoms with Crippen molar-refractivity contribution in [1.29, 1.82) is 0 Å². The van der Waals surface area contributed by atoms with Crippen LogP contribution in [-0.2, 0) is 15.1 Å². The molecule has 1 heterocycles. The Bertz CT molecular complexity index is 606. The molecule has 0 N–H and O–H groups in total. The molecule has 0 amide bonds. The first-order valence-corrected chi connectivity index (χ1v) is 6.30. The predicted octanol–water partition coefficient (Wildman–Crippen LogP) is 2.89. The van der Waals surface area contributed by atoms with Gasteiger partial charge in [0.05, 0.1) is 0 Å². The van der Waals surface area contributed by atoms with Crippen LogP contribution in [-0.4, -0.2) is 12.6 Å². The van der Waals surface area contributed by atoms with Crippen LogP contribution in [0.5, 0.6) is 5.75 Å². The molecule has 0 fully saturated rings. The topological polar surface area (TPSA) is 35.5 Å². The van der Waals surface area contributed by atoms with Crippen LogP contribution in [0.4, 0.5) is 0 Å². The van der Waals surface area contributed by atoms with Crippen LogP contribution in [0.25, 0.3) is 0 Å². The minimum absolute atomic E-state index is 0.373. The van der Waals surface area contributed by atoms with E-state index in [1.807, 2.05) is 55.5 Å². The van der Waals surface area contributed by atoms with Gasteiger partial charge in [-0.3, -0.25) is 0 Å². The molecule has 0 aliphatic carbocycles. The fraction of sp³-hybridized carbons (Fsp3) is 0.188. The highest BCUT2D eigenvalue weighted by Gasteiger charge is 2.51. The van der Waals surface area contributed by atoms with E-state index in [1.54, 1.807) is 6.07 Å². The number of fused-ring (bicyclic) bond motifs is 1. The van der Waals surface area contributed by atoms with Gasteiger partial charge in [0.2, 0.25) is 5.60 Å². The van der Waals surface area contributed by atoms with Gasteiger partial charge in [-0.05, 0) is 18.6 Å². The van der Waals surface area contributed by atoms with Gasteiger partial charge in [0, 0.05) is 12.2 Å². The lowest BCUT2D eigenvalue weighted by Crippen LogP contribution is -2.38. The molecule has 0 radical (unpaired) electrons. The Morgan fingerprint density at radius 3 is 2.47 bits per heavy atom. The van der Waals surface area contributed by atoms with Crippen molar-refractivity contribution in [2.45, 2.75) is 12.5 Å². The summed E-state index contributed by atoms with van der Waals surface area (Å²) in [5.74, 6) is 0.201. The number of para-hydroxylation sites is 1. The van der Waals surface area contributed by atoms with Gasteiger partial charge in [-0.15, -0.1) is 0 Å². The zero-order valence-electron chi connectivity index (χ0n) is 10.6. The smallest absolute Gasteiger partial charge is 0.353 e. The van der Waals surface area contributed by atoms with Crippen molar-refractivity contribution in [3.63, 3.8) is 0 Å². The number of esters is 1. The zero-order chi connectivity index (χ0) is 13.3. The van der Waals surface area contributed by atoms with Crippen LogP contribution in [0.2, 0.25) is 0 Å². The molecule has 1 unspecified atom stereocenters. The third kappa shape index (κ3) is 1.66. The highest BCUT2D eigenvalue weighted by atomic mass is 16.6. The SMILES string of the molecule is CCOC1(c2ccccc2)C(=O)Oc2ccccc21. The van der Waals surface area contributed by atoms with E-state index in [1.165, 1.54) is 0 Å². The molecule has 1 atom stereocenters. The van der Waals surface area contributed by atoms with Crippen molar-refractivity contribution in [3.05, 3.63) is 65.7 Å². The van der Waals surface area contributed by atoms with Crippen molar-refractivity contribution < 1.29 is 14.3 Å². The van der Waals surface area contributed by atoms with Gasteiger partial charge in [-0.2, -0.15) is 0 Å². The van der Waals surface area contributed by atoms with E-state index in [-0.39, 0.29) is 5.97 Å². The maximum Gasteiger partial charge on any atom is 0.353 e. The van der Waals surface area contributed by atoms with Crippen molar-refractivity contribution in [2.75, 3.05) is 6.61 Å². The number of hydrogen-bond donors (Lipinski definition) is 0. The third-order valence-corrected chi connectivity index (χ3v) is 3.30. The molecule has 3 nitrogen and oxygen atoms in total. The van der Waals surface area contributed by atoms with Crippen LogP contribution in [0.15, 0.2) is 54.6 Å². The summed E-state index contributed by atoms with van der Waals surface area (Å²) in [4.78, 5) is 12.4. The average molecular weight is 254 g/mol. The molecular weight excluding hydrogens is 240 g/mol. The molecule has 0 spiro atoms. The Morgan fingerprint density at radius 1 is 1.05 bits per heavy atom. The number of hydrogen-bond acceptors (Lipinski definition) is 3. The second-order valence-corrected chi connectivity index (χ2v) is 4.37. The minimum Gasteiger partial charge on any atom is -0.423 e. The summed E-state index contributed by atoms with van der Waals surface area (Å²) in [6, 6.07) is 16.9. The predicted molar refractivity (Wildman–Crippen MR) is 70.9 cm³/mol. The van der Waals surface area contributed by atoms with E-state index >= 15 is 0 Å². The summed E-state index contributed by atoms with van der Waals surface area (Å²) in [5.41, 5.74) is 0.437. The fourth-order valence-electron chi connectivity index (χ4n) is 2.51. The molecule has 0 saturated heterocycles. The molecular formula is C16H14O3. The number of carbonyl (C=O) groups is 1. The summed E-state index contributed by atoms with van der Waals surface area (Å²) in [6.07, 6.45) is 0. The van der Waals surface area contributed by atoms with E-state index in [9.17, 15) is 4.79 Å². The van der Waals surface area contributed by atoms with Crippen molar-refractivity contribution in [1.82, 2.24) is 0 Å². The molecule has 0 bridgehead atoms. The largest absolute Gasteiger partial charge is 0.423 e. The molecule has 2 aromatic rings. The van der Waals surface area contributed by atoms with Gasteiger partial charge < -0.3 is 9.47 Å². The normalized spacial score (nSPS) is 21.0. The Kier molecular flexibility index (Phi) is 2.84. The first-order chi connectivity index (χ1) is 9.29. The van der Waals surface area contributed by atoms with Gasteiger partial charge in [0.1, 0.15) is 5.75 Å². The van der Waals surface area contributed by atoms with E-state index in [0.29, 0.717) is 12.4 Å². The van der Waals surface area contributed by atoms with Gasteiger partial charge in [-0.25, -0.2) is 4.79 Å². The van der Waals surface area contributed by atoms with Crippen LogP contribution in [0.1, 0.15) is 18.1 Å². The van der Waals surface area contributed by atoms with Crippen LogP contribution in [0.3, 0.4) is 0 Å². The number of ether oxygens (including phenoxy) is 2. The molecule has 3 rings (SSSR count). The van der Waals surface area contributed by atoms with E-state index < -0.39 is 5.60 Å². The van der Waals surface area contributed by atoms with Gasteiger partial charge >= 0.3 is 5.97 Å². The van der Waals surface area contributed by atoms with Crippen LogP contribution < -0.4 is 4.74 Å². The zero-order valence-corrected chi connectivity index (χ0v) is 10.6. The van der Waals surface area contributed by atoms with Crippen molar-refractivity contribution in [3.8, 4) is 5.75 Å². The molecule has 0 saturated carbocycles. The second-order valence-electron chi connectivity index (χ2n) is 4.37. The maximum atomic E-state index is 12.4. The lowest BCUT2D eigenvalue weighted by atomic mass is 9.87. The Balaban J connectivity index is 2.24. The average Bonchev–Trinajstić information content (AvgIpc) is 2.74. The third-order valence-electron chi connectivity index (χ3n) is 3.30.